The summed E-state index contributed by atoms with van der Waals surface area (Å²) in [6.45, 7) is 4.84. The normalized spacial score (nSPS) is 12.5. The van der Waals surface area contributed by atoms with Crippen LogP contribution in [-0.2, 0) is 11.2 Å². The number of nitriles is 1. The fourth-order valence-corrected chi connectivity index (χ4v) is 3.23. The highest BCUT2D eigenvalue weighted by Gasteiger charge is 2.24. The second-order valence-corrected chi connectivity index (χ2v) is 6.34. The number of nitrogens with one attached hydrogen (secondary N) is 1. The third-order valence-electron chi connectivity index (χ3n) is 4.58. The molecule has 0 saturated heterocycles. The Morgan fingerprint density at radius 2 is 2.04 bits per heavy atom. The van der Waals surface area contributed by atoms with Crippen LogP contribution in [0, 0.1) is 11.3 Å². The van der Waals surface area contributed by atoms with E-state index in [2.05, 4.69) is 18.0 Å². The van der Waals surface area contributed by atoms with E-state index in [1.165, 1.54) is 6.08 Å². The van der Waals surface area contributed by atoms with Gasteiger partial charge < -0.3 is 15.0 Å². The largest absolute Gasteiger partial charge is 0.492 e. The van der Waals surface area contributed by atoms with Gasteiger partial charge in [-0.3, -0.25) is 9.59 Å². The lowest BCUT2D eigenvalue weighted by Crippen LogP contribution is -2.36. The van der Waals surface area contributed by atoms with Gasteiger partial charge in [0, 0.05) is 17.8 Å². The maximum atomic E-state index is 12.6. The van der Waals surface area contributed by atoms with Crippen LogP contribution in [0.1, 0.15) is 27.9 Å². The summed E-state index contributed by atoms with van der Waals surface area (Å²) in [4.78, 5) is 26.4. The van der Waals surface area contributed by atoms with Gasteiger partial charge in [-0.05, 0) is 60.9 Å². The van der Waals surface area contributed by atoms with Crippen LogP contribution in [0.15, 0.2) is 55.1 Å². The zero-order valence-electron chi connectivity index (χ0n) is 15.5. The first-order chi connectivity index (χ1) is 13.6. The summed E-state index contributed by atoms with van der Waals surface area (Å²) in [5, 5.41) is 11.7. The topological polar surface area (TPSA) is 82.4 Å². The van der Waals surface area contributed by atoms with E-state index in [-0.39, 0.29) is 11.8 Å². The molecule has 1 heterocycles. The molecular formula is C22H21N3O3. The fourth-order valence-electron chi connectivity index (χ4n) is 3.23. The molecule has 0 aliphatic carbocycles. The lowest BCUT2D eigenvalue weighted by molar-refractivity contribution is -0.114. The van der Waals surface area contributed by atoms with Crippen LogP contribution in [0.2, 0.25) is 0 Å². The number of nitrogens with zero attached hydrogens (tertiary/aromatic N) is 2. The zero-order valence-corrected chi connectivity index (χ0v) is 15.5. The molecule has 1 N–H and O–H groups in total. The first-order valence-corrected chi connectivity index (χ1v) is 9.11. The Hall–Kier alpha value is -3.59. The maximum absolute atomic E-state index is 12.6. The lowest BCUT2D eigenvalue weighted by atomic mass is 9.95. The Kier molecular flexibility index (Phi) is 6.07. The maximum Gasteiger partial charge on any atom is 0.251 e. The zero-order chi connectivity index (χ0) is 19.9. The minimum Gasteiger partial charge on any atom is -0.492 e. The van der Waals surface area contributed by atoms with E-state index in [4.69, 9.17) is 10.00 Å². The van der Waals surface area contributed by atoms with Crippen molar-refractivity contribution in [1.29, 1.82) is 5.26 Å². The number of anilines is 1. The van der Waals surface area contributed by atoms with Crippen LogP contribution in [0.3, 0.4) is 0 Å². The van der Waals surface area contributed by atoms with Crippen molar-refractivity contribution in [1.82, 2.24) is 5.32 Å². The Balaban J connectivity index is 1.61. The first kappa shape index (κ1) is 19.2. The summed E-state index contributed by atoms with van der Waals surface area (Å²) in [5.74, 6) is 0.298. The minimum atomic E-state index is -0.187. The van der Waals surface area contributed by atoms with E-state index in [1.54, 1.807) is 41.3 Å². The molecule has 0 unspecified atom stereocenters. The molecule has 28 heavy (non-hydrogen) atoms. The Labute approximate surface area is 164 Å². The lowest BCUT2D eigenvalue weighted by Gasteiger charge is -2.29. The second kappa shape index (κ2) is 8.87. The van der Waals surface area contributed by atoms with Gasteiger partial charge in [-0.1, -0.05) is 12.6 Å². The number of carbonyl (C=O) groups excluding carboxylic acids is 2. The summed E-state index contributed by atoms with van der Waals surface area (Å²) in [5.41, 5.74) is 2.81. The average Bonchev–Trinajstić information content (AvgIpc) is 2.75. The van der Waals surface area contributed by atoms with Gasteiger partial charge in [-0.15, -0.1) is 0 Å². The Morgan fingerprint density at radius 3 is 2.75 bits per heavy atom. The van der Waals surface area contributed by atoms with Crippen molar-refractivity contribution in [3.8, 4) is 11.8 Å². The molecule has 0 fully saturated rings. The molecule has 0 atom stereocenters. The molecule has 2 aromatic rings. The van der Waals surface area contributed by atoms with Crippen LogP contribution < -0.4 is 15.0 Å². The third-order valence-corrected chi connectivity index (χ3v) is 4.58. The molecule has 0 bridgehead atoms. The van der Waals surface area contributed by atoms with Crippen LogP contribution in [-0.4, -0.2) is 31.5 Å². The van der Waals surface area contributed by atoms with Crippen molar-refractivity contribution in [3.63, 3.8) is 0 Å². The summed E-state index contributed by atoms with van der Waals surface area (Å²) < 4.78 is 5.58. The molecule has 2 amide bonds. The molecule has 6 heteroatoms. The van der Waals surface area contributed by atoms with Crippen molar-refractivity contribution in [2.24, 2.45) is 0 Å². The third kappa shape index (κ3) is 4.21. The number of carbonyl (C=O) groups is 2. The molecule has 0 radical (unpaired) electrons. The predicted molar refractivity (Wildman–Crippen MR) is 106 cm³/mol. The number of amides is 2. The van der Waals surface area contributed by atoms with Crippen molar-refractivity contribution in [2.75, 3.05) is 24.6 Å². The number of benzene rings is 2. The molecule has 2 aromatic carbocycles. The molecular weight excluding hydrogens is 354 g/mol. The highest BCUT2D eigenvalue weighted by atomic mass is 16.5. The second-order valence-electron chi connectivity index (χ2n) is 6.34. The summed E-state index contributed by atoms with van der Waals surface area (Å²) in [6, 6.07) is 14.3. The molecule has 0 aromatic heterocycles. The van der Waals surface area contributed by atoms with E-state index in [1.807, 2.05) is 6.07 Å². The van der Waals surface area contributed by atoms with E-state index in [9.17, 15) is 9.59 Å². The number of rotatable bonds is 6. The summed E-state index contributed by atoms with van der Waals surface area (Å²) in [7, 11) is 0. The van der Waals surface area contributed by atoms with Gasteiger partial charge in [0.25, 0.3) is 5.91 Å². The smallest absolute Gasteiger partial charge is 0.251 e. The first-order valence-electron chi connectivity index (χ1n) is 9.11. The number of hydrogen-bond donors (Lipinski definition) is 1. The number of fused-ring (bicyclic) bond motifs is 1. The van der Waals surface area contributed by atoms with Gasteiger partial charge in [0.05, 0.1) is 18.2 Å². The van der Waals surface area contributed by atoms with Crippen LogP contribution in [0.4, 0.5) is 5.69 Å². The summed E-state index contributed by atoms with van der Waals surface area (Å²) in [6.07, 6.45) is 2.85. The van der Waals surface area contributed by atoms with Crippen LogP contribution >= 0.6 is 0 Å². The molecule has 1 aliphatic heterocycles. The molecule has 142 valence electrons. The van der Waals surface area contributed by atoms with Gasteiger partial charge in [-0.25, -0.2) is 0 Å². The van der Waals surface area contributed by atoms with Gasteiger partial charge in [0.1, 0.15) is 12.4 Å². The van der Waals surface area contributed by atoms with Crippen molar-refractivity contribution < 1.29 is 14.3 Å². The minimum absolute atomic E-state index is 0.158. The average molecular weight is 375 g/mol. The number of hydrogen-bond acceptors (Lipinski definition) is 4. The Morgan fingerprint density at radius 1 is 1.25 bits per heavy atom. The molecule has 0 spiro atoms. The molecule has 6 nitrogen and oxygen atoms in total. The van der Waals surface area contributed by atoms with Crippen molar-refractivity contribution >= 4 is 17.5 Å². The SMILES string of the molecule is C=CC(=O)N1CCCc2c(C(=O)NCCOc3ccc(C#N)cc3)cccc21. The monoisotopic (exact) mass is 375 g/mol. The van der Waals surface area contributed by atoms with Crippen LogP contribution in [0.5, 0.6) is 5.75 Å². The van der Waals surface area contributed by atoms with E-state index < -0.39 is 0 Å². The van der Waals surface area contributed by atoms with Gasteiger partial charge in [0.2, 0.25) is 5.91 Å². The van der Waals surface area contributed by atoms with Gasteiger partial charge in [0.15, 0.2) is 0 Å². The molecule has 1 aliphatic rings. The highest BCUT2D eigenvalue weighted by molar-refractivity contribution is 6.04. The molecule has 3 rings (SSSR count). The van der Waals surface area contributed by atoms with E-state index >= 15 is 0 Å². The van der Waals surface area contributed by atoms with Crippen LogP contribution in [0.25, 0.3) is 0 Å². The molecule has 0 saturated carbocycles. The Bertz CT molecular complexity index is 929. The summed E-state index contributed by atoms with van der Waals surface area (Å²) >= 11 is 0. The fraction of sp³-hybridized carbons (Fsp3) is 0.227. The number of ether oxygens (including phenoxy) is 1. The quantitative estimate of drug-likeness (QED) is 0.622. The van der Waals surface area contributed by atoms with Gasteiger partial charge >= 0.3 is 0 Å². The van der Waals surface area contributed by atoms with Crippen molar-refractivity contribution in [2.45, 2.75) is 12.8 Å². The van der Waals surface area contributed by atoms with Crippen molar-refractivity contribution in [3.05, 3.63) is 71.8 Å². The van der Waals surface area contributed by atoms with E-state index in [0.717, 1.165) is 24.1 Å². The van der Waals surface area contributed by atoms with Gasteiger partial charge in [-0.2, -0.15) is 5.26 Å². The van der Waals surface area contributed by atoms with E-state index in [0.29, 0.717) is 36.6 Å². The standard InChI is InChI=1S/C22H21N3O3/c1-2-21(26)25-13-4-6-18-19(5-3-7-20(18)25)22(27)24-12-14-28-17-10-8-16(15-23)9-11-17/h2-3,5,7-11H,1,4,6,12-14H2,(H,24,27). The highest BCUT2D eigenvalue weighted by Crippen LogP contribution is 2.30. The predicted octanol–water partition coefficient (Wildman–Crippen LogP) is 2.83.